The van der Waals surface area contributed by atoms with Crippen molar-refractivity contribution in [3.63, 3.8) is 0 Å². The monoisotopic (exact) mass is 797 g/mol. The van der Waals surface area contributed by atoms with E-state index < -0.39 is 46.9 Å². The van der Waals surface area contributed by atoms with Crippen LogP contribution in [0.5, 0.6) is 0 Å². The van der Waals surface area contributed by atoms with Gasteiger partial charge in [-0.15, -0.1) is 0 Å². The van der Waals surface area contributed by atoms with Crippen LogP contribution in [0.2, 0.25) is 0 Å². The first kappa shape index (κ1) is 37.2. The van der Waals surface area contributed by atoms with Gasteiger partial charge in [0.2, 0.25) is 21.8 Å². The number of halogens is 1. The first-order valence-electron chi connectivity index (χ1n) is 13.7. The fraction of sp³-hybridized carbons (Fsp3) is 0.207. The Kier molecular flexibility index (Phi) is 14.0. The van der Waals surface area contributed by atoms with E-state index in [1.807, 2.05) is 12.1 Å². The molecule has 0 radical (unpaired) electrons. The number of carbonyl (C=O) groups excluding carboxylic acids is 2. The van der Waals surface area contributed by atoms with Crippen LogP contribution in [0, 0.1) is 3.57 Å². The third-order valence-corrected chi connectivity index (χ3v) is 8.03. The Hall–Kier alpha value is -4.21. The number of anilines is 4. The highest BCUT2D eigenvalue weighted by Gasteiger charge is 2.19. The fourth-order valence-electron chi connectivity index (χ4n) is 4.09. The maximum Gasteiger partial charge on any atom is 0.317 e. The Morgan fingerprint density at radius 1 is 0.638 bits per heavy atom. The topological polar surface area (TPSA) is 223 Å². The molecule has 0 aliphatic rings. The maximum atomic E-state index is 12.8. The number of sulfonamides is 1. The molecule has 0 saturated heterocycles. The van der Waals surface area contributed by atoms with Crippen LogP contribution < -0.4 is 26.4 Å². The van der Waals surface area contributed by atoms with Crippen LogP contribution in [-0.4, -0.2) is 96.6 Å². The van der Waals surface area contributed by atoms with Crippen molar-refractivity contribution >= 4 is 96.4 Å². The van der Waals surface area contributed by atoms with E-state index in [1.54, 1.807) is 36.4 Å². The Balaban J connectivity index is 1.52. The summed E-state index contributed by atoms with van der Waals surface area (Å²) in [7, 11) is -3.82. The molecule has 0 fully saturated rings. The molecule has 47 heavy (non-hydrogen) atoms. The molecule has 3 aromatic carbocycles. The SMILES string of the molecule is NS(=O)(=O)c1ccc(NC(=S)Nc2ccc(NC(=O)CN(CCN(CC(=O)O)CC(=O)Nc3ccc(I)cc3)CC(=O)O)cc2)cc1. The van der Waals surface area contributed by atoms with Gasteiger partial charge in [-0.05, 0) is 108 Å². The summed E-state index contributed by atoms with van der Waals surface area (Å²) in [5.41, 5.74) is 2.08. The van der Waals surface area contributed by atoms with Gasteiger partial charge < -0.3 is 31.5 Å². The Labute approximate surface area is 289 Å². The number of hydrogen-bond donors (Lipinski definition) is 7. The number of nitrogens with two attached hydrogens (primary N) is 1. The van der Waals surface area contributed by atoms with Crippen LogP contribution >= 0.6 is 34.8 Å². The first-order chi connectivity index (χ1) is 22.2. The van der Waals surface area contributed by atoms with Crippen molar-refractivity contribution in [1.29, 1.82) is 0 Å². The average molecular weight is 798 g/mol. The van der Waals surface area contributed by atoms with Crippen LogP contribution in [0.25, 0.3) is 0 Å². The normalized spacial score (nSPS) is 11.1. The van der Waals surface area contributed by atoms with Crippen LogP contribution in [-0.2, 0) is 29.2 Å². The van der Waals surface area contributed by atoms with Gasteiger partial charge in [-0.25, -0.2) is 13.6 Å². The molecular formula is C29H32IN7O8S2. The summed E-state index contributed by atoms with van der Waals surface area (Å²) >= 11 is 7.41. The molecule has 0 saturated carbocycles. The highest BCUT2D eigenvalue weighted by Crippen LogP contribution is 2.16. The summed E-state index contributed by atoms with van der Waals surface area (Å²) in [6, 6.07) is 19.2. The second kappa shape index (κ2) is 17.6. The number of carboxylic acid groups (broad SMARTS) is 2. The van der Waals surface area contributed by atoms with Gasteiger partial charge in [-0.1, -0.05) is 0 Å². The molecule has 3 aromatic rings. The predicted molar refractivity (Wildman–Crippen MR) is 189 cm³/mol. The van der Waals surface area contributed by atoms with Crippen LogP contribution in [0.15, 0.2) is 77.7 Å². The lowest BCUT2D eigenvalue weighted by Crippen LogP contribution is -2.44. The summed E-state index contributed by atoms with van der Waals surface area (Å²) < 4.78 is 23.8. The second-order valence-corrected chi connectivity index (χ2v) is 13.3. The zero-order valence-electron chi connectivity index (χ0n) is 24.7. The molecule has 3 rings (SSSR count). The summed E-state index contributed by atoms with van der Waals surface area (Å²) in [5, 5.41) is 35.3. The van der Waals surface area contributed by atoms with Crippen LogP contribution in [0.3, 0.4) is 0 Å². The third kappa shape index (κ3) is 14.0. The van der Waals surface area contributed by atoms with Gasteiger partial charge in [-0.2, -0.15) is 0 Å². The van der Waals surface area contributed by atoms with E-state index in [0.29, 0.717) is 22.7 Å². The van der Waals surface area contributed by atoms with Crippen LogP contribution in [0.1, 0.15) is 0 Å². The van der Waals surface area contributed by atoms with Crippen LogP contribution in [0.4, 0.5) is 22.7 Å². The van der Waals surface area contributed by atoms with Crippen molar-refractivity contribution < 1.29 is 37.8 Å². The van der Waals surface area contributed by atoms with Crippen molar-refractivity contribution in [3.05, 3.63) is 76.4 Å². The molecule has 0 aromatic heterocycles. The lowest BCUT2D eigenvalue weighted by atomic mass is 10.2. The van der Waals surface area contributed by atoms with Gasteiger partial charge in [0.25, 0.3) is 0 Å². The van der Waals surface area contributed by atoms with E-state index in [2.05, 4.69) is 43.9 Å². The molecule has 8 N–H and O–H groups in total. The van der Waals surface area contributed by atoms with E-state index in [9.17, 15) is 37.8 Å². The number of amides is 2. The summed E-state index contributed by atoms with van der Waals surface area (Å²) in [6.45, 7) is -1.49. The van der Waals surface area contributed by atoms with Gasteiger partial charge in [0.15, 0.2) is 5.11 Å². The van der Waals surface area contributed by atoms with E-state index in [4.69, 9.17) is 17.4 Å². The summed E-state index contributed by atoms with van der Waals surface area (Å²) in [5.74, 6) is -3.29. The molecule has 0 aliphatic carbocycles. The van der Waals surface area contributed by atoms with E-state index >= 15 is 0 Å². The molecule has 250 valence electrons. The summed E-state index contributed by atoms with van der Waals surface area (Å²) in [6.07, 6.45) is 0. The minimum Gasteiger partial charge on any atom is -0.480 e. The number of nitrogens with zero attached hydrogens (tertiary/aromatic N) is 2. The molecule has 15 nitrogen and oxygen atoms in total. The van der Waals surface area contributed by atoms with Crippen molar-refractivity contribution in [2.45, 2.75) is 4.90 Å². The Morgan fingerprint density at radius 3 is 1.34 bits per heavy atom. The molecular weight excluding hydrogens is 765 g/mol. The molecule has 0 atom stereocenters. The van der Waals surface area contributed by atoms with Gasteiger partial charge in [0.05, 0.1) is 31.1 Å². The van der Waals surface area contributed by atoms with Gasteiger partial charge in [0, 0.05) is 39.4 Å². The maximum absolute atomic E-state index is 12.8. The largest absolute Gasteiger partial charge is 0.480 e. The van der Waals surface area contributed by atoms with Crippen molar-refractivity contribution in [2.24, 2.45) is 5.14 Å². The Morgan fingerprint density at radius 2 is 0.979 bits per heavy atom. The average Bonchev–Trinajstić information content (AvgIpc) is 2.97. The standard InChI is InChI=1S/C29H32IN7O8S2/c30-19-1-3-20(4-2-19)32-25(38)15-36(17-27(40)41)13-14-37(18-28(42)43)16-26(39)33-21-5-7-22(8-6-21)34-29(46)35-23-9-11-24(12-10-23)47(31,44)45/h1-12H,13-18H2,(H,32,38)(H,33,39)(H,40,41)(H,42,43)(H2,31,44,45)(H2,34,35,46). The highest BCUT2D eigenvalue weighted by atomic mass is 127. The zero-order valence-corrected chi connectivity index (χ0v) is 28.5. The molecule has 18 heteroatoms. The number of aliphatic carboxylic acids is 2. The predicted octanol–water partition coefficient (Wildman–Crippen LogP) is 2.10. The van der Waals surface area contributed by atoms with E-state index in [1.165, 1.54) is 34.1 Å². The van der Waals surface area contributed by atoms with Crippen molar-refractivity contribution in [3.8, 4) is 0 Å². The minimum absolute atomic E-state index is 0.00186. The number of benzene rings is 3. The quantitative estimate of drug-likeness (QED) is 0.0816. The zero-order chi connectivity index (χ0) is 34.6. The van der Waals surface area contributed by atoms with Crippen molar-refractivity contribution in [2.75, 3.05) is 60.5 Å². The van der Waals surface area contributed by atoms with Crippen molar-refractivity contribution in [1.82, 2.24) is 9.80 Å². The third-order valence-electron chi connectivity index (χ3n) is 6.18. The number of nitrogens with one attached hydrogen (secondary N) is 4. The van der Waals surface area contributed by atoms with E-state index in [-0.39, 0.29) is 36.2 Å². The van der Waals surface area contributed by atoms with E-state index in [0.717, 1.165) is 3.57 Å². The smallest absolute Gasteiger partial charge is 0.317 e. The van der Waals surface area contributed by atoms with Gasteiger partial charge >= 0.3 is 11.9 Å². The number of thiocarbonyl (C=S) groups is 1. The fourth-order valence-corrected chi connectivity index (χ4v) is 5.20. The molecule has 0 aliphatic heterocycles. The molecule has 2 amide bonds. The second-order valence-electron chi connectivity index (χ2n) is 10.0. The number of hydrogen-bond acceptors (Lipinski definition) is 9. The number of primary sulfonamides is 1. The van der Waals surface area contributed by atoms with Gasteiger partial charge in [-0.3, -0.25) is 29.0 Å². The highest BCUT2D eigenvalue weighted by molar-refractivity contribution is 14.1. The lowest BCUT2D eigenvalue weighted by Gasteiger charge is -2.25. The number of carboxylic acids is 2. The van der Waals surface area contributed by atoms with Gasteiger partial charge in [0.1, 0.15) is 0 Å². The number of rotatable bonds is 16. The minimum atomic E-state index is -3.82. The summed E-state index contributed by atoms with van der Waals surface area (Å²) in [4.78, 5) is 50.8. The first-order valence-corrected chi connectivity index (χ1v) is 16.7. The molecule has 0 heterocycles. The molecule has 0 spiro atoms. The lowest BCUT2D eigenvalue weighted by molar-refractivity contribution is -0.140. The molecule has 0 bridgehead atoms. The molecule has 0 unspecified atom stereocenters. The number of carbonyl (C=O) groups is 4. The Bertz CT molecular complexity index is 1690.